The maximum Gasteiger partial charge on any atom is 0.0832 e. The molecule has 0 bridgehead atoms. The van der Waals surface area contributed by atoms with Gasteiger partial charge in [-0.15, -0.1) is 0 Å². The summed E-state index contributed by atoms with van der Waals surface area (Å²) in [6.45, 7) is 1.31. The minimum atomic E-state index is -0.517. The Morgan fingerprint density at radius 1 is 0.929 bits per heavy atom. The molecule has 0 unspecified atom stereocenters. The molecule has 0 radical (unpaired) electrons. The van der Waals surface area contributed by atoms with Crippen LogP contribution in [0.1, 0.15) is 25.7 Å². The van der Waals surface area contributed by atoms with Crippen LogP contribution in [0.5, 0.6) is 0 Å². The molecule has 0 aromatic rings. The summed E-state index contributed by atoms with van der Waals surface area (Å²) in [5, 5.41) is 28.0. The van der Waals surface area contributed by atoms with E-state index in [0.717, 1.165) is 25.7 Å². The molecule has 0 atom stereocenters. The van der Waals surface area contributed by atoms with E-state index in [2.05, 4.69) is 4.90 Å². The van der Waals surface area contributed by atoms with E-state index >= 15 is 0 Å². The Hall–Kier alpha value is -0.160. The van der Waals surface area contributed by atoms with Gasteiger partial charge in [0, 0.05) is 13.1 Å². The Kier molecular flexibility index (Phi) is 2.55. The van der Waals surface area contributed by atoms with Gasteiger partial charge < -0.3 is 15.3 Å². The molecule has 4 heteroatoms. The molecule has 14 heavy (non-hydrogen) atoms. The third-order valence-corrected chi connectivity index (χ3v) is 4.12. The zero-order valence-corrected chi connectivity index (χ0v) is 8.45. The normalized spacial score (nSPS) is 40.3. The lowest BCUT2D eigenvalue weighted by molar-refractivity contribution is -0.254. The average molecular weight is 201 g/mol. The van der Waals surface area contributed by atoms with Gasteiger partial charge in [0.2, 0.25) is 0 Å². The summed E-state index contributed by atoms with van der Waals surface area (Å²) in [7, 11) is 0. The van der Waals surface area contributed by atoms with Crippen LogP contribution >= 0.6 is 0 Å². The molecule has 4 nitrogen and oxygen atoms in total. The second-order valence-electron chi connectivity index (χ2n) is 4.50. The minimum Gasteiger partial charge on any atom is -0.395 e. The van der Waals surface area contributed by atoms with E-state index in [0.29, 0.717) is 13.1 Å². The molecule has 0 saturated heterocycles. The SMILES string of the molecule is OCCN(CCO)C12CCC1(O)CC2. The highest BCUT2D eigenvalue weighted by atomic mass is 16.3. The van der Waals surface area contributed by atoms with Gasteiger partial charge in [-0.05, 0) is 25.7 Å². The first-order valence-corrected chi connectivity index (χ1v) is 5.38. The monoisotopic (exact) mass is 201 g/mol. The molecule has 3 N–H and O–H groups in total. The topological polar surface area (TPSA) is 63.9 Å². The van der Waals surface area contributed by atoms with Crippen LogP contribution in [-0.2, 0) is 0 Å². The van der Waals surface area contributed by atoms with Crippen LogP contribution in [0.4, 0.5) is 0 Å². The third kappa shape index (κ3) is 1.15. The highest BCUT2D eigenvalue weighted by Crippen LogP contribution is 2.60. The number of rotatable bonds is 5. The van der Waals surface area contributed by atoms with E-state index in [1.165, 1.54) is 0 Å². The standard InChI is InChI=1S/C10H19NO3/c12-7-5-11(6-8-13)9-1-3-10(9,14)4-2-9/h12-14H,1-8H2. The molecule has 2 aliphatic carbocycles. The molecule has 0 spiro atoms. The van der Waals surface area contributed by atoms with Gasteiger partial charge in [-0.25, -0.2) is 0 Å². The second kappa shape index (κ2) is 3.45. The third-order valence-electron chi connectivity index (χ3n) is 4.12. The van der Waals surface area contributed by atoms with Crippen molar-refractivity contribution < 1.29 is 15.3 Å². The smallest absolute Gasteiger partial charge is 0.0832 e. The van der Waals surface area contributed by atoms with Crippen LogP contribution in [0.25, 0.3) is 0 Å². The number of β-amino-alcohol motifs (C(OH)–C–C–N with tert-alkyl or cyclic N) is 2. The highest BCUT2D eigenvalue weighted by Gasteiger charge is 2.67. The molecule has 0 amide bonds. The summed E-state index contributed by atoms with van der Waals surface area (Å²) in [5.41, 5.74) is -0.629. The molecule has 0 heterocycles. The number of aliphatic hydroxyl groups is 3. The molecule has 0 aromatic carbocycles. The van der Waals surface area contributed by atoms with Crippen LogP contribution in [0, 0.1) is 0 Å². The molecule has 2 saturated carbocycles. The Morgan fingerprint density at radius 2 is 1.43 bits per heavy atom. The van der Waals surface area contributed by atoms with Crippen LogP contribution in [0.15, 0.2) is 0 Å². The lowest BCUT2D eigenvalue weighted by Gasteiger charge is -2.69. The summed E-state index contributed by atoms with van der Waals surface area (Å²) in [6.07, 6.45) is 3.76. The van der Waals surface area contributed by atoms with Gasteiger partial charge in [0.25, 0.3) is 0 Å². The predicted octanol–water partition coefficient (Wildman–Crippen LogP) is -0.670. The fourth-order valence-corrected chi connectivity index (χ4v) is 3.05. The molecule has 0 aromatic heterocycles. The molecule has 2 aliphatic rings. The Bertz CT molecular complexity index is 205. The first kappa shape index (κ1) is 10.4. The fraction of sp³-hybridized carbons (Fsp3) is 1.00. The van der Waals surface area contributed by atoms with Crippen LogP contribution in [0.2, 0.25) is 0 Å². The average Bonchev–Trinajstić information content (AvgIpc) is 2.18. The van der Waals surface area contributed by atoms with E-state index in [1.54, 1.807) is 0 Å². The van der Waals surface area contributed by atoms with Crippen molar-refractivity contribution >= 4 is 0 Å². The first-order chi connectivity index (χ1) is 6.68. The highest BCUT2D eigenvalue weighted by molar-refractivity contribution is 5.23. The van der Waals surface area contributed by atoms with Gasteiger partial charge >= 0.3 is 0 Å². The maximum absolute atomic E-state index is 10.1. The van der Waals surface area contributed by atoms with E-state index in [4.69, 9.17) is 10.2 Å². The van der Waals surface area contributed by atoms with Gasteiger partial charge in [0.05, 0.1) is 24.4 Å². The van der Waals surface area contributed by atoms with Crippen molar-refractivity contribution in [2.75, 3.05) is 26.3 Å². The first-order valence-electron chi connectivity index (χ1n) is 5.38. The van der Waals surface area contributed by atoms with Crippen LogP contribution in [0.3, 0.4) is 0 Å². The van der Waals surface area contributed by atoms with Gasteiger partial charge in [0.15, 0.2) is 0 Å². The quantitative estimate of drug-likeness (QED) is 0.552. The Morgan fingerprint density at radius 3 is 1.64 bits per heavy atom. The van der Waals surface area contributed by atoms with Crippen molar-refractivity contribution in [1.82, 2.24) is 4.90 Å². The number of hydrogen-bond donors (Lipinski definition) is 3. The second-order valence-corrected chi connectivity index (χ2v) is 4.50. The van der Waals surface area contributed by atoms with Crippen molar-refractivity contribution in [3.05, 3.63) is 0 Å². The van der Waals surface area contributed by atoms with Crippen molar-refractivity contribution in [2.24, 2.45) is 0 Å². The van der Waals surface area contributed by atoms with Crippen molar-refractivity contribution in [1.29, 1.82) is 0 Å². The van der Waals surface area contributed by atoms with Gasteiger partial charge in [-0.3, -0.25) is 4.90 Å². The molecule has 2 fully saturated rings. The minimum absolute atomic E-state index is 0.0951. The summed E-state index contributed by atoms with van der Waals surface area (Å²) >= 11 is 0. The van der Waals surface area contributed by atoms with Gasteiger partial charge in [0.1, 0.15) is 0 Å². The number of nitrogens with zero attached hydrogens (tertiary/aromatic N) is 1. The molecule has 2 rings (SSSR count). The van der Waals surface area contributed by atoms with E-state index in [9.17, 15) is 5.11 Å². The number of hydrogen-bond acceptors (Lipinski definition) is 4. The largest absolute Gasteiger partial charge is 0.395 e. The lowest BCUT2D eigenvalue weighted by atomic mass is 9.49. The van der Waals surface area contributed by atoms with Crippen molar-refractivity contribution in [2.45, 2.75) is 36.8 Å². The lowest BCUT2D eigenvalue weighted by Crippen LogP contribution is -2.78. The van der Waals surface area contributed by atoms with E-state index < -0.39 is 5.60 Å². The van der Waals surface area contributed by atoms with Crippen molar-refractivity contribution in [3.8, 4) is 0 Å². The molecular formula is C10H19NO3. The summed E-state index contributed by atoms with van der Waals surface area (Å²) < 4.78 is 0. The van der Waals surface area contributed by atoms with Crippen LogP contribution in [-0.4, -0.2) is 57.7 Å². The summed E-state index contributed by atoms with van der Waals surface area (Å²) in [5.74, 6) is 0. The zero-order valence-electron chi connectivity index (χ0n) is 8.45. The Labute approximate surface area is 84.2 Å². The molecule has 82 valence electrons. The number of aliphatic hydroxyl groups excluding tert-OH is 2. The number of fused-ring (bicyclic) bond motifs is 1. The van der Waals surface area contributed by atoms with E-state index in [-0.39, 0.29) is 18.8 Å². The van der Waals surface area contributed by atoms with Crippen molar-refractivity contribution in [3.63, 3.8) is 0 Å². The maximum atomic E-state index is 10.1. The van der Waals surface area contributed by atoms with Gasteiger partial charge in [-0.2, -0.15) is 0 Å². The summed E-state index contributed by atoms with van der Waals surface area (Å²) in [6, 6.07) is 0. The predicted molar refractivity (Wildman–Crippen MR) is 51.9 cm³/mol. The van der Waals surface area contributed by atoms with Gasteiger partial charge in [-0.1, -0.05) is 0 Å². The Balaban J connectivity index is 2.03. The van der Waals surface area contributed by atoms with Crippen LogP contribution < -0.4 is 0 Å². The zero-order chi connectivity index (χ0) is 10.2. The molecule has 0 aliphatic heterocycles. The van der Waals surface area contributed by atoms with E-state index in [1.807, 2.05) is 0 Å². The summed E-state index contributed by atoms with van der Waals surface area (Å²) in [4.78, 5) is 2.06. The fourth-order valence-electron chi connectivity index (χ4n) is 3.05. The molecular weight excluding hydrogens is 182 g/mol.